The van der Waals surface area contributed by atoms with Gasteiger partial charge in [-0.2, -0.15) is 0 Å². The lowest BCUT2D eigenvalue weighted by atomic mass is 9.77. The summed E-state index contributed by atoms with van der Waals surface area (Å²) in [6, 6.07) is 0.733. The van der Waals surface area contributed by atoms with Gasteiger partial charge in [-0.1, -0.05) is 12.8 Å². The molecule has 0 radical (unpaired) electrons. The smallest absolute Gasteiger partial charge is 0.147 e. The first-order chi connectivity index (χ1) is 10.3. The second kappa shape index (κ2) is 5.56. The summed E-state index contributed by atoms with van der Waals surface area (Å²) in [5, 5.41) is 3.49. The van der Waals surface area contributed by atoms with Gasteiger partial charge in [0.25, 0.3) is 0 Å². The van der Waals surface area contributed by atoms with Gasteiger partial charge in [0.1, 0.15) is 5.82 Å². The van der Waals surface area contributed by atoms with Gasteiger partial charge in [0.05, 0.1) is 18.1 Å². The third kappa shape index (κ3) is 3.05. The van der Waals surface area contributed by atoms with Gasteiger partial charge in [-0.25, -0.2) is 4.98 Å². The largest absolute Gasteiger partial charge is 0.355 e. The van der Waals surface area contributed by atoms with E-state index in [0.717, 1.165) is 37.2 Å². The molecule has 1 N–H and O–H groups in total. The third-order valence-corrected chi connectivity index (χ3v) is 5.65. The molecule has 1 spiro atoms. The number of aromatic nitrogens is 2. The van der Waals surface area contributed by atoms with Crippen molar-refractivity contribution in [3.05, 3.63) is 18.1 Å². The fraction of sp³-hybridized carbons (Fsp3) is 0.765. The fourth-order valence-corrected chi connectivity index (χ4v) is 3.97. The maximum atomic E-state index is 4.64. The highest BCUT2D eigenvalue weighted by atomic mass is 15.2. The summed E-state index contributed by atoms with van der Waals surface area (Å²) in [7, 11) is 0. The molecule has 0 bridgehead atoms. The quantitative estimate of drug-likeness (QED) is 0.924. The molecule has 4 heteroatoms. The van der Waals surface area contributed by atoms with Crippen molar-refractivity contribution in [3.63, 3.8) is 0 Å². The SMILES string of the molecule is c1nc(N2CCC3(CCCC3)CC2)cnc1CNC1CC1. The van der Waals surface area contributed by atoms with Crippen molar-refractivity contribution in [1.29, 1.82) is 0 Å². The van der Waals surface area contributed by atoms with Gasteiger partial charge in [-0.3, -0.25) is 4.98 Å². The highest BCUT2D eigenvalue weighted by molar-refractivity contribution is 5.36. The lowest BCUT2D eigenvalue weighted by Gasteiger charge is -2.39. The van der Waals surface area contributed by atoms with E-state index in [1.807, 2.05) is 12.4 Å². The Hall–Kier alpha value is -1.16. The van der Waals surface area contributed by atoms with E-state index in [4.69, 9.17) is 0 Å². The number of nitrogens with one attached hydrogen (secondary N) is 1. The number of piperidine rings is 1. The Morgan fingerprint density at radius 2 is 1.81 bits per heavy atom. The monoisotopic (exact) mass is 286 g/mol. The maximum Gasteiger partial charge on any atom is 0.147 e. The maximum absolute atomic E-state index is 4.64. The Labute approximate surface area is 127 Å². The molecule has 21 heavy (non-hydrogen) atoms. The van der Waals surface area contributed by atoms with Gasteiger partial charge < -0.3 is 10.2 Å². The molecule has 4 rings (SSSR count). The molecule has 114 valence electrons. The molecule has 0 unspecified atom stereocenters. The summed E-state index contributed by atoms with van der Waals surface area (Å²) < 4.78 is 0. The van der Waals surface area contributed by atoms with Crippen LogP contribution in [0.1, 0.15) is 57.1 Å². The van der Waals surface area contributed by atoms with Crippen LogP contribution in [0.25, 0.3) is 0 Å². The van der Waals surface area contributed by atoms with Crippen molar-refractivity contribution in [2.75, 3.05) is 18.0 Å². The minimum absolute atomic E-state index is 0.679. The van der Waals surface area contributed by atoms with Crippen molar-refractivity contribution in [3.8, 4) is 0 Å². The van der Waals surface area contributed by atoms with E-state index in [1.54, 1.807) is 0 Å². The molecule has 0 atom stereocenters. The van der Waals surface area contributed by atoms with Gasteiger partial charge in [-0.05, 0) is 43.9 Å². The third-order valence-electron chi connectivity index (χ3n) is 5.65. The standard InChI is InChI=1S/C17H26N4/c1-2-6-17(5-1)7-9-21(10-8-17)16-13-19-15(12-20-16)11-18-14-3-4-14/h12-14,18H,1-11H2. The van der Waals surface area contributed by atoms with Crippen LogP contribution in [-0.2, 0) is 6.54 Å². The molecule has 1 saturated heterocycles. The summed E-state index contributed by atoms with van der Waals surface area (Å²) in [5.74, 6) is 1.07. The highest BCUT2D eigenvalue weighted by Crippen LogP contribution is 2.46. The van der Waals surface area contributed by atoms with Gasteiger partial charge in [0.2, 0.25) is 0 Å². The van der Waals surface area contributed by atoms with Crippen molar-refractivity contribution >= 4 is 5.82 Å². The first-order valence-corrected chi connectivity index (χ1v) is 8.62. The zero-order chi connectivity index (χ0) is 14.1. The van der Waals surface area contributed by atoms with Crippen LogP contribution in [0.4, 0.5) is 5.82 Å². The topological polar surface area (TPSA) is 41.1 Å². The summed E-state index contributed by atoms with van der Waals surface area (Å²) in [4.78, 5) is 11.6. The molecule has 2 heterocycles. The molecule has 1 aliphatic heterocycles. The van der Waals surface area contributed by atoms with E-state index < -0.39 is 0 Å². The van der Waals surface area contributed by atoms with Crippen LogP contribution in [0.3, 0.4) is 0 Å². The van der Waals surface area contributed by atoms with E-state index in [9.17, 15) is 0 Å². The first kappa shape index (κ1) is 13.5. The zero-order valence-electron chi connectivity index (χ0n) is 12.9. The van der Waals surface area contributed by atoms with Crippen molar-refractivity contribution in [2.45, 2.75) is 64.0 Å². The first-order valence-electron chi connectivity index (χ1n) is 8.62. The second-order valence-electron chi connectivity index (χ2n) is 7.22. The molecular weight excluding hydrogens is 260 g/mol. The summed E-state index contributed by atoms with van der Waals surface area (Å²) >= 11 is 0. The Morgan fingerprint density at radius 1 is 1.05 bits per heavy atom. The predicted octanol–water partition coefficient (Wildman–Crippen LogP) is 2.89. The fourth-order valence-electron chi connectivity index (χ4n) is 3.97. The molecule has 3 fully saturated rings. The van der Waals surface area contributed by atoms with E-state index in [2.05, 4.69) is 20.2 Å². The van der Waals surface area contributed by atoms with Crippen LogP contribution in [0.2, 0.25) is 0 Å². The average Bonchev–Trinajstić information content (AvgIpc) is 3.26. The highest BCUT2D eigenvalue weighted by Gasteiger charge is 2.37. The average molecular weight is 286 g/mol. The second-order valence-corrected chi connectivity index (χ2v) is 7.22. The number of anilines is 1. The summed E-state index contributed by atoms with van der Waals surface area (Å²) in [5.41, 5.74) is 1.74. The van der Waals surface area contributed by atoms with Gasteiger partial charge in [0.15, 0.2) is 0 Å². The van der Waals surface area contributed by atoms with Crippen LogP contribution in [0.15, 0.2) is 12.4 Å². The number of nitrogens with zero attached hydrogens (tertiary/aromatic N) is 3. The molecule has 4 nitrogen and oxygen atoms in total. The van der Waals surface area contributed by atoms with E-state index in [-0.39, 0.29) is 0 Å². The van der Waals surface area contributed by atoms with Crippen LogP contribution in [0.5, 0.6) is 0 Å². The van der Waals surface area contributed by atoms with Gasteiger partial charge in [-0.15, -0.1) is 0 Å². The summed E-state index contributed by atoms with van der Waals surface area (Å²) in [6.45, 7) is 3.18. The van der Waals surface area contributed by atoms with Crippen molar-refractivity contribution < 1.29 is 0 Å². The lowest BCUT2D eigenvalue weighted by molar-refractivity contribution is 0.226. The lowest BCUT2D eigenvalue weighted by Crippen LogP contribution is -2.39. The Kier molecular flexibility index (Phi) is 3.57. The van der Waals surface area contributed by atoms with Crippen molar-refractivity contribution in [1.82, 2.24) is 15.3 Å². The van der Waals surface area contributed by atoms with Gasteiger partial charge in [0, 0.05) is 25.7 Å². The normalized spacial score (nSPS) is 24.7. The Balaban J connectivity index is 1.33. The molecule has 2 saturated carbocycles. The number of hydrogen-bond acceptors (Lipinski definition) is 4. The van der Waals surface area contributed by atoms with Crippen LogP contribution < -0.4 is 10.2 Å². The Morgan fingerprint density at radius 3 is 2.43 bits per heavy atom. The van der Waals surface area contributed by atoms with Gasteiger partial charge >= 0.3 is 0 Å². The van der Waals surface area contributed by atoms with E-state index in [0.29, 0.717) is 5.41 Å². The molecular formula is C17H26N4. The summed E-state index contributed by atoms with van der Waals surface area (Å²) in [6.07, 6.45) is 15.1. The number of hydrogen-bond donors (Lipinski definition) is 1. The van der Waals surface area contributed by atoms with Crippen molar-refractivity contribution in [2.24, 2.45) is 5.41 Å². The molecule has 2 aliphatic carbocycles. The van der Waals surface area contributed by atoms with Crippen LogP contribution >= 0.6 is 0 Å². The molecule has 1 aromatic heterocycles. The molecule has 0 amide bonds. The van der Waals surface area contributed by atoms with E-state index in [1.165, 1.54) is 51.4 Å². The number of rotatable bonds is 4. The predicted molar refractivity (Wildman–Crippen MR) is 84.2 cm³/mol. The molecule has 1 aromatic rings. The Bertz CT molecular complexity index is 464. The zero-order valence-corrected chi connectivity index (χ0v) is 12.9. The minimum atomic E-state index is 0.679. The molecule has 3 aliphatic rings. The minimum Gasteiger partial charge on any atom is -0.355 e. The van der Waals surface area contributed by atoms with Crippen LogP contribution in [-0.4, -0.2) is 29.1 Å². The molecule has 0 aromatic carbocycles. The van der Waals surface area contributed by atoms with E-state index >= 15 is 0 Å². The van der Waals surface area contributed by atoms with Crippen LogP contribution in [0, 0.1) is 5.41 Å².